The molecule has 3 aromatic rings. The van der Waals surface area contributed by atoms with Crippen LogP contribution in [0, 0.1) is 6.92 Å². The largest absolute Gasteiger partial charge is 0.376 e. The summed E-state index contributed by atoms with van der Waals surface area (Å²) >= 11 is 1.45. The maximum Gasteiger partial charge on any atom is 0.171 e. The monoisotopic (exact) mass is 312 g/mol. The van der Waals surface area contributed by atoms with Gasteiger partial charge in [0.25, 0.3) is 0 Å². The van der Waals surface area contributed by atoms with Gasteiger partial charge in [0.1, 0.15) is 5.78 Å². The number of aryl methyl sites for hydroxylation is 1. The Kier molecular flexibility index (Phi) is 3.66. The summed E-state index contributed by atoms with van der Waals surface area (Å²) in [5, 5.41) is 5.11. The summed E-state index contributed by atoms with van der Waals surface area (Å²) in [6, 6.07) is 7.94. The lowest BCUT2D eigenvalue weighted by Crippen LogP contribution is -2.11. The van der Waals surface area contributed by atoms with Crippen LogP contribution in [0.1, 0.15) is 29.2 Å². The molecule has 0 saturated heterocycles. The normalized spacial score (nSPS) is 11.0. The van der Waals surface area contributed by atoms with Gasteiger partial charge in [0.2, 0.25) is 0 Å². The number of benzene rings is 1. The second kappa shape index (κ2) is 5.50. The molecule has 0 atom stereocenters. The Labute approximate surface area is 132 Å². The number of hydrogen-bond acceptors (Lipinski definition) is 5. The lowest BCUT2D eigenvalue weighted by atomic mass is 10.1. The van der Waals surface area contributed by atoms with Crippen LogP contribution in [0.2, 0.25) is 0 Å². The Morgan fingerprint density at radius 3 is 2.64 bits per heavy atom. The summed E-state index contributed by atoms with van der Waals surface area (Å²) < 4.78 is 1.02. The molecule has 0 amide bonds. The molecular formula is C17H16N2O2S. The minimum absolute atomic E-state index is 0.000438. The highest BCUT2D eigenvalue weighted by atomic mass is 32.1. The zero-order valence-electron chi connectivity index (χ0n) is 12.7. The molecule has 0 spiro atoms. The van der Waals surface area contributed by atoms with Gasteiger partial charge >= 0.3 is 0 Å². The van der Waals surface area contributed by atoms with Crippen LogP contribution < -0.4 is 5.32 Å². The molecule has 2 aromatic heterocycles. The summed E-state index contributed by atoms with van der Waals surface area (Å²) in [5.41, 5.74) is 2.59. The van der Waals surface area contributed by atoms with Crippen LogP contribution >= 0.6 is 11.3 Å². The summed E-state index contributed by atoms with van der Waals surface area (Å²) in [7, 11) is 0. The quantitative estimate of drug-likeness (QED) is 0.741. The van der Waals surface area contributed by atoms with Crippen LogP contribution in [0.3, 0.4) is 0 Å². The first-order valence-electron chi connectivity index (χ1n) is 7.04. The van der Waals surface area contributed by atoms with Gasteiger partial charge in [0.05, 0.1) is 22.6 Å². The number of hydrogen-bond donors (Lipinski definition) is 1. The van der Waals surface area contributed by atoms with E-state index >= 15 is 0 Å². The fourth-order valence-electron chi connectivity index (χ4n) is 2.53. The molecule has 0 fully saturated rings. The number of rotatable bonds is 4. The predicted octanol–water partition coefficient (Wildman–Crippen LogP) is 3.96. The molecule has 0 aliphatic heterocycles. The second-order valence-corrected chi connectivity index (χ2v) is 6.43. The highest BCUT2D eigenvalue weighted by Crippen LogP contribution is 2.40. The number of thiophene rings is 1. The minimum atomic E-state index is 0.000438. The molecule has 0 aliphatic carbocycles. The number of carbonyl (C=O) groups excluding carboxylic acids is 2. The Balaban J connectivity index is 2.33. The molecule has 112 valence electrons. The number of pyridine rings is 1. The van der Waals surface area contributed by atoms with Crippen LogP contribution in [-0.2, 0) is 4.79 Å². The van der Waals surface area contributed by atoms with E-state index < -0.39 is 0 Å². The van der Waals surface area contributed by atoms with E-state index in [4.69, 9.17) is 0 Å². The minimum Gasteiger partial charge on any atom is -0.376 e. The Hall–Kier alpha value is -2.27. The summed E-state index contributed by atoms with van der Waals surface area (Å²) in [4.78, 5) is 28.4. The molecule has 1 N–H and O–H groups in total. The maximum absolute atomic E-state index is 11.9. The first-order chi connectivity index (χ1) is 10.5. The number of aromatic nitrogens is 1. The number of ketones is 2. The molecular weight excluding hydrogens is 296 g/mol. The predicted molar refractivity (Wildman–Crippen MR) is 91.0 cm³/mol. The van der Waals surface area contributed by atoms with Crippen molar-refractivity contribution in [3.63, 3.8) is 0 Å². The highest BCUT2D eigenvalue weighted by molar-refractivity contribution is 7.21. The van der Waals surface area contributed by atoms with Crippen molar-refractivity contribution in [3.8, 4) is 0 Å². The van der Waals surface area contributed by atoms with Gasteiger partial charge in [-0.15, -0.1) is 11.3 Å². The molecule has 2 heterocycles. The average Bonchev–Trinajstić information content (AvgIpc) is 2.83. The van der Waals surface area contributed by atoms with Gasteiger partial charge in [-0.25, -0.2) is 0 Å². The fourth-order valence-corrected chi connectivity index (χ4v) is 3.62. The molecule has 3 rings (SSSR count). The van der Waals surface area contributed by atoms with Crippen molar-refractivity contribution in [1.82, 2.24) is 4.98 Å². The summed E-state index contributed by atoms with van der Waals surface area (Å²) in [5.74, 6) is 0.0310. The number of carbonyl (C=O) groups is 2. The third-order valence-corrected chi connectivity index (χ3v) is 4.75. The zero-order chi connectivity index (χ0) is 15.9. The van der Waals surface area contributed by atoms with Gasteiger partial charge in [0.15, 0.2) is 5.78 Å². The Morgan fingerprint density at radius 2 is 1.95 bits per heavy atom. The van der Waals surface area contributed by atoms with Crippen molar-refractivity contribution in [2.24, 2.45) is 0 Å². The van der Waals surface area contributed by atoms with E-state index in [1.807, 2.05) is 31.2 Å². The van der Waals surface area contributed by atoms with Gasteiger partial charge in [-0.3, -0.25) is 14.6 Å². The molecule has 1 aromatic carbocycles. The van der Waals surface area contributed by atoms with Crippen molar-refractivity contribution < 1.29 is 9.59 Å². The van der Waals surface area contributed by atoms with E-state index in [0.717, 1.165) is 32.4 Å². The highest BCUT2D eigenvalue weighted by Gasteiger charge is 2.18. The fraction of sp³-hybridized carbons (Fsp3) is 0.235. The molecule has 0 bridgehead atoms. The van der Waals surface area contributed by atoms with E-state index in [0.29, 0.717) is 4.88 Å². The van der Waals surface area contributed by atoms with E-state index in [2.05, 4.69) is 10.3 Å². The average molecular weight is 312 g/mol. The second-order valence-electron chi connectivity index (χ2n) is 5.38. The topological polar surface area (TPSA) is 59.1 Å². The number of fused-ring (bicyclic) bond motifs is 3. The van der Waals surface area contributed by atoms with Crippen LogP contribution in [0.4, 0.5) is 5.69 Å². The van der Waals surface area contributed by atoms with Crippen molar-refractivity contribution in [2.45, 2.75) is 20.8 Å². The lowest BCUT2D eigenvalue weighted by Gasteiger charge is -2.07. The van der Waals surface area contributed by atoms with E-state index in [1.165, 1.54) is 18.3 Å². The molecule has 0 saturated carbocycles. The Bertz CT molecular complexity index is 912. The molecule has 0 radical (unpaired) electrons. The maximum atomic E-state index is 11.9. The van der Waals surface area contributed by atoms with Crippen LogP contribution in [0.15, 0.2) is 24.3 Å². The molecule has 22 heavy (non-hydrogen) atoms. The summed E-state index contributed by atoms with van der Waals surface area (Å²) in [6.45, 7) is 5.24. The summed E-state index contributed by atoms with van der Waals surface area (Å²) in [6.07, 6.45) is 0. The number of anilines is 1. The van der Waals surface area contributed by atoms with Gasteiger partial charge in [-0.2, -0.15) is 0 Å². The van der Waals surface area contributed by atoms with Crippen LogP contribution in [-0.4, -0.2) is 23.1 Å². The zero-order valence-corrected chi connectivity index (χ0v) is 13.5. The molecule has 5 heteroatoms. The van der Waals surface area contributed by atoms with Crippen molar-refractivity contribution >= 4 is 49.6 Å². The third kappa shape index (κ3) is 2.48. The van der Waals surface area contributed by atoms with Crippen molar-refractivity contribution in [3.05, 3.63) is 34.8 Å². The van der Waals surface area contributed by atoms with Gasteiger partial charge in [-0.05, 0) is 32.0 Å². The third-order valence-electron chi connectivity index (χ3n) is 3.50. The van der Waals surface area contributed by atoms with E-state index in [-0.39, 0.29) is 18.1 Å². The van der Waals surface area contributed by atoms with Crippen LogP contribution in [0.5, 0.6) is 0 Å². The lowest BCUT2D eigenvalue weighted by molar-refractivity contribution is -0.115. The number of Topliss-reactive ketones (excluding diaryl/α,β-unsaturated/α-hetero) is 2. The Morgan fingerprint density at radius 1 is 1.18 bits per heavy atom. The standard InChI is InChI=1S/C17H16N2O2S/c1-9-4-5-12-13(19-9)6-7-14-15(12)16(18-8-10(2)20)17(22-14)11(3)21/h4-7,18H,8H2,1-3H3. The van der Waals surface area contributed by atoms with E-state index in [1.54, 1.807) is 6.92 Å². The van der Waals surface area contributed by atoms with Crippen molar-refractivity contribution in [2.75, 3.05) is 11.9 Å². The SMILES string of the molecule is CC(=O)CNc1c(C(C)=O)sc2ccc3nc(C)ccc3c12. The van der Waals surface area contributed by atoms with Crippen molar-refractivity contribution in [1.29, 1.82) is 0 Å². The van der Waals surface area contributed by atoms with Crippen LogP contribution in [0.25, 0.3) is 21.0 Å². The molecule has 0 aliphatic rings. The van der Waals surface area contributed by atoms with Gasteiger partial charge in [0, 0.05) is 28.1 Å². The van der Waals surface area contributed by atoms with Gasteiger partial charge in [-0.1, -0.05) is 6.07 Å². The first kappa shape index (κ1) is 14.7. The van der Waals surface area contributed by atoms with E-state index in [9.17, 15) is 9.59 Å². The smallest absolute Gasteiger partial charge is 0.171 e. The molecule has 4 nitrogen and oxygen atoms in total. The molecule has 0 unspecified atom stereocenters. The number of nitrogens with one attached hydrogen (secondary N) is 1. The van der Waals surface area contributed by atoms with Gasteiger partial charge < -0.3 is 5.32 Å². The number of nitrogens with zero attached hydrogens (tertiary/aromatic N) is 1. The first-order valence-corrected chi connectivity index (χ1v) is 7.86.